The maximum absolute atomic E-state index is 14.4. The molecular weight excluding hydrogens is 367 g/mol. The minimum Gasteiger partial charge on any atom is -0.206 e. The van der Waals surface area contributed by atoms with Crippen LogP contribution in [0.1, 0.15) is 16.7 Å². The van der Waals surface area contributed by atoms with Crippen molar-refractivity contribution in [1.29, 1.82) is 5.26 Å². The van der Waals surface area contributed by atoms with Gasteiger partial charge in [-0.25, -0.2) is 13.2 Å². The Balaban J connectivity index is 1.89. The zero-order valence-corrected chi connectivity index (χ0v) is 15.0. The summed E-state index contributed by atoms with van der Waals surface area (Å²) in [6.07, 6.45) is 0. The van der Waals surface area contributed by atoms with E-state index in [0.29, 0.717) is 22.3 Å². The van der Waals surface area contributed by atoms with E-state index in [4.69, 9.17) is 5.26 Å². The van der Waals surface area contributed by atoms with Crippen molar-refractivity contribution in [3.8, 4) is 28.4 Å². The largest absolute Gasteiger partial charge is 0.206 e. The molecule has 0 radical (unpaired) electrons. The monoisotopic (exact) mass is 379 g/mol. The first-order chi connectivity index (χ1) is 13.0. The van der Waals surface area contributed by atoms with E-state index in [1.165, 1.54) is 18.2 Å². The van der Waals surface area contributed by atoms with Crippen LogP contribution in [-0.2, 0) is 0 Å². The van der Waals surface area contributed by atoms with Crippen LogP contribution in [0.3, 0.4) is 0 Å². The van der Waals surface area contributed by atoms with Crippen molar-refractivity contribution in [1.82, 2.24) is 0 Å². The lowest BCUT2D eigenvalue weighted by Crippen LogP contribution is -1.92. The number of aryl methyl sites for hydroxylation is 1. The standard InChI is InChI=1S/C22H12F3NS/c1-14-10-20(23)19(21(24)11-14)9-3-15-2-8-18(22(25)12-15)16-4-6-17(7-5-16)27-13-26/h2,4-8,10-12H,1H3. The predicted octanol–water partition coefficient (Wildman–Crippen LogP) is 6.05. The van der Waals surface area contributed by atoms with Gasteiger partial charge in [-0.1, -0.05) is 30.0 Å². The van der Waals surface area contributed by atoms with E-state index in [1.54, 1.807) is 43.3 Å². The maximum atomic E-state index is 14.4. The van der Waals surface area contributed by atoms with Gasteiger partial charge in [-0.15, -0.1) is 0 Å². The van der Waals surface area contributed by atoms with Crippen LogP contribution in [0.25, 0.3) is 11.1 Å². The van der Waals surface area contributed by atoms with Crippen molar-refractivity contribution in [3.63, 3.8) is 0 Å². The van der Waals surface area contributed by atoms with Gasteiger partial charge in [0.05, 0.1) is 5.56 Å². The molecule has 0 spiro atoms. The fourth-order valence-corrected chi connectivity index (χ4v) is 2.91. The number of nitrogens with zero attached hydrogens (tertiary/aromatic N) is 1. The van der Waals surface area contributed by atoms with Crippen molar-refractivity contribution >= 4 is 11.8 Å². The molecule has 3 aromatic rings. The van der Waals surface area contributed by atoms with E-state index in [-0.39, 0.29) is 5.56 Å². The Morgan fingerprint density at radius 2 is 1.48 bits per heavy atom. The molecule has 0 atom stereocenters. The highest BCUT2D eigenvalue weighted by Gasteiger charge is 2.08. The highest BCUT2D eigenvalue weighted by molar-refractivity contribution is 8.03. The van der Waals surface area contributed by atoms with Crippen molar-refractivity contribution in [2.24, 2.45) is 0 Å². The Kier molecular flexibility index (Phi) is 5.54. The number of nitriles is 1. The molecule has 0 aliphatic heterocycles. The number of hydrogen-bond acceptors (Lipinski definition) is 2. The minimum atomic E-state index is -0.743. The van der Waals surface area contributed by atoms with Crippen LogP contribution < -0.4 is 0 Å². The van der Waals surface area contributed by atoms with Crippen LogP contribution in [0.15, 0.2) is 59.5 Å². The van der Waals surface area contributed by atoms with Crippen LogP contribution in [0.2, 0.25) is 0 Å². The van der Waals surface area contributed by atoms with E-state index in [9.17, 15) is 13.2 Å². The number of halogens is 3. The molecule has 3 aromatic carbocycles. The number of rotatable bonds is 2. The molecule has 132 valence electrons. The van der Waals surface area contributed by atoms with Crippen LogP contribution in [0, 0.1) is 46.9 Å². The molecule has 0 fully saturated rings. The summed E-state index contributed by atoms with van der Waals surface area (Å²) in [6.45, 7) is 1.59. The SMILES string of the molecule is Cc1cc(F)c(C#Cc2ccc(-c3ccc(SC#N)cc3)c(F)c2)c(F)c1. The van der Waals surface area contributed by atoms with E-state index in [2.05, 4.69) is 11.8 Å². The molecule has 0 heterocycles. The molecule has 27 heavy (non-hydrogen) atoms. The molecule has 3 rings (SSSR count). The third-order valence-electron chi connectivity index (χ3n) is 3.82. The van der Waals surface area contributed by atoms with E-state index < -0.39 is 17.5 Å². The van der Waals surface area contributed by atoms with Crippen molar-refractivity contribution < 1.29 is 13.2 Å². The lowest BCUT2D eigenvalue weighted by molar-refractivity contribution is 0.575. The van der Waals surface area contributed by atoms with Gasteiger partial charge in [0.25, 0.3) is 0 Å². The molecule has 0 bridgehead atoms. The summed E-state index contributed by atoms with van der Waals surface area (Å²) in [5.74, 6) is 3.05. The van der Waals surface area contributed by atoms with Crippen LogP contribution in [0.4, 0.5) is 13.2 Å². The first kappa shape index (κ1) is 18.6. The molecule has 0 aliphatic carbocycles. The average Bonchev–Trinajstić information content (AvgIpc) is 2.62. The van der Waals surface area contributed by atoms with Crippen molar-refractivity contribution in [2.45, 2.75) is 11.8 Å². The highest BCUT2D eigenvalue weighted by atomic mass is 32.2. The van der Waals surface area contributed by atoms with Gasteiger partial charge < -0.3 is 0 Å². The Labute approximate surface area is 159 Å². The second-order valence-corrected chi connectivity index (χ2v) is 6.62. The molecule has 1 nitrogen and oxygen atoms in total. The quantitative estimate of drug-likeness (QED) is 0.307. The third kappa shape index (κ3) is 4.34. The maximum Gasteiger partial charge on any atom is 0.142 e. The van der Waals surface area contributed by atoms with Gasteiger partial charge >= 0.3 is 0 Å². The molecule has 0 aliphatic rings. The number of benzene rings is 3. The molecule has 0 unspecified atom stereocenters. The van der Waals surface area contributed by atoms with Crippen molar-refractivity contribution in [3.05, 3.63) is 88.7 Å². The average molecular weight is 379 g/mol. The summed E-state index contributed by atoms with van der Waals surface area (Å²) in [5.41, 5.74) is 1.47. The molecule has 5 heteroatoms. The summed E-state index contributed by atoms with van der Waals surface area (Å²) in [4.78, 5) is 0.770. The van der Waals surface area contributed by atoms with Gasteiger partial charge in [-0.3, -0.25) is 0 Å². The van der Waals surface area contributed by atoms with Gasteiger partial charge in [-0.2, -0.15) is 5.26 Å². The summed E-state index contributed by atoms with van der Waals surface area (Å²) in [7, 11) is 0. The third-order valence-corrected chi connectivity index (χ3v) is 4.42. The summed E-state index contributed by atoms with van der Waals surface area (Å²) < 4.78 is 42.1. The highest BCUT2D eigenvalue weighted by Crippen LogP contribution is 2.26. The topological polar surface area (TPSA) is 23.8 Å². The first-order valence-electron chi connectivity index (χ1n) is 7.91. The van der Waals surface area contributed by atoms with E-state index in [0.717, 1.165) is 16.7 Å². The fraction of sp³-hybridized carbons (Fsp3) is 0.0455. The Hall–Kier alpha value is -3.15. The summed E-state index contributed by atoms with van der Waals surface area (Å²) in [6, 6.07) is 13.7. The van der Waals surface area contributed by atoms with Gasteiger partial charge in [0.2, 0.25) is 0 Å². The predicted molar refractivity (Wildman–Crippen MR) is 100 cm³/mol. The summed E-state index contributed by atoms with van der Waals surface area (Å²) >= 11 is 1.03. The number of thioether (sulfide) groups is 1. The van der Waals surface area contributed by atoms with E-state index >= 15 is 0 Å². The smallest absolute Gasteiger partial charge is 0.142 e. The van der Waals surface area contributed by atoms with Crippen LogP contribution >= 0.6 is 11.8 Å². The number of hydrogen-bond donors (Lipinski definition) is 0. The van der Waals surface area contributed by atoms with Gasteiger partial charge in [0.15, 0.2) is 0 Å². The zero-order chi connectivity index (χ0) is 19.4. The lowest BCUT2D eigenvalue weighted by atomic mass is 10.0. The molecule has 0 aromatic heterocycles. The first-order valence-corrected chi connectivity index (χ1v) is 8.73. The molecule has 0 amide bonds. The van der Waals surface area contributed by atoms with Gasteiger partial charge in [-0.05, 0) is 66.2 Å². The Bertz CT molecular complexity index is 1080. The van der Waals surface area contributed by atoms with E-state index in [1.807, 2.05) is 5.40 Å². The van der Waals surface area contributed by atoms with Gasteiger partial charge in [0, 0.05) is 16.0 Å². The summed E-state index contributed by atoms with van der Waals surface area (Å²) in [5, 5.41) is 10.6. The van der Waals surface area contributed by atoms with Crippen LogP contribution in [-0.4, -0.2) is 0 Å². The normalized spacial score (nSPS) is 10.0. The Morgan fingerprint density at radius 1 is 0.815 bits per heavy atom. The number of thiocyanates is 1. The van der Waals surface area contributed by atoms with Crippen LogP contribution in [0.5, 0.6) is 0 Å². The van der Waals surface area contributed by atoms with Crippen molar-refractivity contribution in [2.75, 3.05) is 0 Å². The second-order valence-electron chi connectivity index (χ2n) is 5.77. The lowest BCUT2D eigenvalue weighted by Gasteiger charge is -2.05. The molecule has 0 N–H and O–H groups in total. The fourth-order valence-electron chi connectivity index (χ4n) is 2.54. The molecular formula is C22H12F3NS. The van der Waals surface area contributed by atoms with Gasteiger partial charge in [0.1, 0.15) is 22.9 Å². The molecule has 0 saturated heterocycles. The minimum absolute atomic E-state index is 0.312. The Morgan fingerprint density at radius 3 is 2.07 bits per heavy atom. The zero-order valence-electron chi connectivity index (χ0n) is 14.2. The second kappa shape index (κ2) is 8.03. The molecule has 0 saturated carbocycles.